The Morgan fingerprint density at radius 3 is 2.24 bits per heavy atom. The maximum atomic E-state index is 13.2. The number of benzene rings is 1. The highest BCUT2D eigenvalue weighted by Crippen LogP contribution is 2.61. The van der Waals surface area contributed by atoms with Gasteiger partial charge in [0.25, 0.3) is 0 Å². The molecule has 1 N–H and O–H groups in total. The molecule has 2 aliphatic carbocycles. The highest BCUT2D eigenvalue weighted by Gasteiger charge is 2.54. The minimum atomic E-state index is -0.609. The largest absolute Gasteiger partial charge is 0.356 e. The van der Waals surface area contributed by atoms with Crippen molar-refractivity contribution < 1.29 is 23.2 Å². The minimum absolute atomic E-state index is 0.0196. The number of halogens is 2. The van der Waals surface area contributed by atoms with Gasteiger partial charge < -0.3 is 10.1 Å². The molecule has 1 saturated heterocycles. The van der Waals surface area contributed by atoms with E-state index in [9.17, 15) is 23.2 Å². The number of carbonyl (C=O) groups excluding carboxylic acids is 3. The number of ketones is 1. The number of nitrogens with one attached hydrogen (secondary N) is 1. The molecule has 4 atom stereocenters. The van der Waals surface area contributed by atoms with Gasteiger partial charge in [0.05, 0.1) is 12.0 Å². The van der Waals surface area contributed by atoms with E-state index in [0.29, 0.717) is 35.1 Å². The van der Waals surface area contributed by atoms with Gasteiger partial charge in [-0.3, -0.25) is 9.59 Å². The average molecular weight is 531 g/mol. The average Bonchev–Trinajstić information content (AvgIpc) is 3.20. The Kier molecular flexibility index (Phi) is 13.5. The zero-order valence-corrected chi connectivity index (χ0v) is 24.0. The topological polar surface area (TPSA) is 87.0 Å². The molecule has 2 fully saturated rings. The van der Waals surface area contributed by atoms with E-state index in [-0.39, 0.29) is 36.4 Å². The van der Waals surface area contributed by atoms with Crippen LogP contribution in [-0.4, -0.2) is 24.5 Å². The first-order valence-corrected chi connectivity index (χ1v) is 13.8. The minimum Gasteiger partial charge on any atom is -0.356 e. The molecule has 1 aromatic carbocycles. The van der Waals surface area contributed by atoms with Crippen LogP contribution in [-0.2, 0) is 20.8 Å². The fraction of sp³-hybridized carbons (Fsp3) is 0.613. The van der Waals surface area contributed by atoms with Crippen LogP contribution >= 0.6 is 0 Å². The summed E-state index contributed by atoms with van der Waals surface area (Å²) in [6.45, 7) is 15.5. The van der Waals surface area contributed by atoms with Gasteiger partial charge in [-0.05, 0) is 65.9 Å². The summed E-state index contributed by atoms with van der Waals surface area (Å²) in [5, 5.41) is 11.4. The number of carbonyl (C=O) groups is 3. The van der Waals surface area contributed by atoms with Crippen LogP contribution in [0.25, 0.3) is 6.08 Å². The molecule has 0 aromatic heterocycles. The van der Waals surface area contributed by atoms with Crippen LogP contribution in [0, 0.1) is 52.1 Å². The molecule has 1 heterocycles. The SMILES string of the molecule is CC.CC(=O)C1=Cc2cc(F)cc(F)c2C1.CCC1C(CC)C1(C)C.N#CC(CC=O)CC1CCNC1=O. The summed E-state index contributed by atoms with van der Waals surface area (Å²) in [6, 6.07) is 4.13. The number of rotatable bonds is 7. The Morgan fingerprint density at radius 2 is 1.82 bits per heavy atom. The highest BCUT2D eigenvalue weighted by atomic mass is 19.1. The molecule has 3 aliphatic rings. The number of hydrogen-bond acceptors (Lipinski definition) is 4. The second kappa shape index (κ2) is 15.5. The molecule has 4 rings (SSSR count). The zero-order chi connectivity index (χ0) is 29.0. The van der Waals surface area contributed by atoms with E-state index in [1.165, 1.54) is 25.8 Å². The third-order valence-corrected chi connectivity index (χ3v) is 7.81. The van der Waals surface area contributed by atoms with Crippen LogP contribution < -0.4 is 5.32 Å². The van der Waals surface area contributed by atoms with Gasteiger partial charge in [0.15, 0.2) is 5.78 Å². The highest BCUT2D eigenvalue weighted by molar-refractivity contribution is 6.00. The molecule has 5 nitrogen and oxygen atoms in total. The number of hydrogen-bond donors (Lipinski definition) is 1. The third kappa shape index (κ3) is 8.85. The van der Waals surface area contributed by atoms with E-state index in [1.54, 1.807) is 6.08 Å². The fourth-order valence-corrected chi connectivity index (χ4v) is 5.60. The van der Waals surface area contributed by atoms with Crippen LogP contribution in [0.5, 0.6) is 0 Å². The van der Waals surface area contributed by atoms with Gasteiger partial charge in [0.1, 0.15) is 17.9 Å². The van der Waals surface area contributed by atoms with E-state index < -0.39 is 11.6 Å². The zero-order valence-electron chi connectivity index (χ0n) is 24.0. The standard InChI is InChI=1S/C11H8F2O.C9H12N2O2.C9H18.C2H6/c1-6(14)7-2-8-3-9(12)5-11(13)10(8)4-7;10-6-7(2-4-12)5-8-1-3-11-9(8)13;1-5-7-8(6-2)9(7,3)4;1-2/h2-3,5H,4H2,1H3;4,7-8H,1-3,5H2,(H,11,13);7-8H,5-6H2,1-4H3;1-2H3. The van der Waals surface area contributed by atoms with Crippen LogP contribution in [0.15, 0.2) is 17.7 Å². The van der Waals surface area contributed by atoms with Gasteiger partial charge in [-0.25, -0.2) is 8.78 Å². The summed E-state index contributed by atoms with van der Waals surface area (Å²) in [5.74, 6) is 0.433. The summed E-state index contributed by atoms with van der Waals surface area (Å²) in [6.07, 6.45) is 6.86. The first-order chi connectivity index (χ1) is 18.0. The third-order valence-electron chi connectivity index (χ3n) is 7.81. The molecule has 38 heavy (non-hydrogen) atoms. The quantitative estimate of drug-likeness (QED) is 0.391. The fourth-order valence-electron chi connectivity index (χ4n) is 5.60. The van der Waals surface area contributed by atoms with Gasteiger partial charge in [0.2, 0.25) is 5.91 Å². The van der Waals surface area contributed by atoms with Crippen molar-refractivity contribution in [2.24, 2.45) is 29.1 Å². The predicted octanol–water partition coefficient (Wildman–Crippen LogP) is 6.84. The molecule has 7 heteroatoms. The summed E-state index contributed by atoms with van der Waals surface area (Å²) in [7, 11) is 0. The first kappa shape index (κ1) is 33.1. The maximum absolute atomic E-state index is 13.2. The number of nitriles is 1. The van der Waals surface area contributed by atoms with Crippen LogP contribution in [0.1, 0.15) is 91.7 Å². The van der Waals surface area contributed by atoms with Crippen molar-refractivity contribution in [3.8, 4) is 6.07 Å². The number of allylic oxidation sites excluding steroid dienone is 1. The molecule has 1 amide bonds. The maximum Gasteiger partial charge on any atom is 0.223 e. The van der Waals surface area contributed by atoms with Crippen molar-refractivity contribution in [2.75, 3.05) is 6.54 Å². The van der Waals surface area contributed by atoms with Crippen molar-refractivity contribution >= 4 is 24.1 Å². The van der Waals surface area contributed by atoms with E-state index in [1.807, 2.05) is 19.9 Å². The van der Waals surface area contributed by atoms with Crippen molar-refractivity contribution in [2.45, 2.75) is 87.0 Å². The smallest absolute Gasteiger partial charge is 0.223 e. The first-order valence-electron chi connectivity index (χ1n) is 13.8. The van der Waals surface area contributed by atoms with E-state index in [2.05, 4.69) is 33.0 Å². The number of aldehydes is 1. The van der Waals surface area contributed by atoms with Crippen molar-refractivity contribution in [1.82, 2.24) is 5.32 Å². The Morgan fingerprint density at radius 1 is 1.21 bits per heavy atom. The lowest BCUT2D eigenvalue weighted by molar-refractivity contribution is -0.123. The lowest BCUT2D eigenvalue weighted by atomic mass is 9.92. The predicted molar refractivity (Wildman–Crippen MR) is 147 cm³/mol. The van der Waals surface area contributed by atoms with E-state index >= 15 is 0 Å². The second-order valence-corrected chi connectivity index (χ2v) is 10.4. The van der Waals surface area contributed by atoms with Gasteiger partial charge in [0, 0.05) is 31.4 Å². The molecule has 0 radical (unpaired) electrons. The van der Waals surface area contributed by atoms with Gasteiger partial charge in [-0.2, -0.15) is 5.26 Å². The molecule has 1 aliphatic heterocycles. The molecule has 4 unspecified atom stereocenters. The second-order valence-electron chi connectivity index (χ2n) is 10.4. The van der Waals surface area contributed by atoms with Crippen molar-refractivity contribution in [1.29, 1.82) is 5.26 Å². The number of Topliss-reactive ketones (excluding diaryl/α,β-unsaturated/α-hetero) is 1. The van der Waals surface area contributed by atoms with Gasteiger partial charge in [-0.1, -0.05) is 54.4 Å². The molecule has 1 saturated carbocycles. The van der Waals surface area contributed by atoms with Gasteiger partial charge in [-0.15, -0.1) is 0 Å². The lowest BCUT2D eigenvalue weighted by Crippen LogP contribution is -2.20. The van der Waals surface area contributed by atoms with E-state index in [4.69, 9.17) is 5.26 Å². The van der Waals surface area contributed by atoms with Crippen molar-refractivity contribution in [3.63, 3.8) is 0 Å². The molecule has 0 bridgehead atoms. The summed E-state index contributed by atoms with van der Waals surface area (Å²) < 4.78 is 26.0. The number of nitrogens with zero attached hydrogens (tertiary/aromatic N) is 1. The summed E-state index contributed by atoms with van der Waals surface area (Å²) in [5.41, 5.74) is 2.11. The molecular formula is C31H44F2N2O3. The Labute approximate surface area is 227 Å². The van der Waals surface area contributed by atoms with E-state index in [0.717, 1.165) is 30.6 Å². The van der Waals surface area contributed by atoms with Crippen molar-refractivity contribution in [3.05, 3.63) is 40.5 Å². The Hall–Kier alpha value is -2.88. The molecule has 1 aromatic rings. The monoisotopic (exact) mass is 530 g/mol. The Balaban J connectivity index is 0.000000282. The number of amides is 1. The Bertz CT molecular complexity index is 1030. The molecule has 0 spiro atoms. The molecular weight excluding hydrogens is 486 g/mol. The van der Waals surface area contributed by atoms with Gasteiger partial charge >= 0.3 is 0 Å². The van der Waals surface area contributed by atoms with Crippen LogP contribution in [0.2, 0.25) is 0 Å². The summed E-state index contributed by atoms with van der Waals surface area (Å²) in [4.78, 5) is 32.3. The summed E-state index contributed by atoms with van der Waals surface area (Å²) >= 11 is 0. The van der Waals surface area contributed by atoms with Crippen LogP contribution in [0.3, 0.4) is 0 Å². The normalized spacial score (nSPS) is 22.4. The molecule has 210 valence electrons. The van der Waals surface area contributed by atoms with Crippen LogP contribution in [0.4, 0.5) is 8.78 Å². The number of fused-ring (bicyclic) bond motifs is 1. The lowest BCUT2D eigenvalue weighted by Gasteiger charge is -2.08.